The second kappa shape index (κ2) is 6.53. The highest BCUT2D eigenvalue weighted by Crippen LogP contribution is 2.22. The summed E-state index contributed by atoms with van der Waals surface area (Å²) in [5.74, 6) is -1.24. The quantitative estimate of drug-likeness (QED) is 0.625. The third-order valence-corrected chi connectivity index (χ3v) is 3.30. The standard InChI is InChI=1S/C12H11ClN2O4S/c1-2-18-10(17)7-19-9(16)4-3-8-11(13)14-12-15(8)5-6-20-12/h3-6H,2,7H2,1H3/b4-3+. The first-order chi connectivity index (χ1) is 9.61. The Morgan fingerprint density at radius 2 is 2.30 bits per heavy atom. The van der Waals surface area contributed by atoms with Crippen molar-refractivity contribution in [1.82, 2.24) is 9.38 Å². The zero-order valence-electron chi connectivity index (χ0n) is 10.5. The summed E-state index contributed by atoms with van der Waals surface area (Å²) in [4.78, 5) is 27.3. The molecule has 0 aromatic carbocycles. The van der Waals surface area contributed by atoms with Gasteiger partial charge in [0.25, 0.3) is 0 Å². The van der Waals surface area contributed by atoms with Crippen LogP contribution in [0.3, 0.4) is 0 Å². The molecule has 0 saturated heterocycles. The molecule has 0 atom stereocenters. The number of hydrogen-bond donors (Lipinski definition) is 0. The summed E-state index contributed by atoms with van der Waals surface area (Å²) in [6, 6.07) is 0. The average Bonchev–Trinajstić information content (AvgIpc) is 2.95. The highest BCUT2D eigenvalue weighted by atomic mass is 35.5. The number of carbonyl (C=O) groups is 2. The summed E-state index contributed by atoms with van der Waals surface area (Å²) >= 11 is 7.39. The summed E-state index contributed by atoms with van der Waals surface area (Å²) in [6.45, 7) is 1.51. The van der Waals surface area contributed by atoms with Crippen molar-refractivity contribution in [2.45, 2.75) is 6.92 Å². The summed E-state index contributed by atoms with van der Waals surface area (Å²) in [5, 5.41) is 2.15. The summed E-state index contributed by atoms with van der Waals surface area (Å²) < 4.78 is 11.1. The van der Waals surface area contributed by atoms with Crippen molar-refractivity contribution >= 4 is 45.9 Å². The Kier molecular flexibility index (Phi) is 4.75. The van der Waals surface area contributed by atoms with Crippen molar-refractivity contribution in [1.29, 1.82) is 0 Å². The van der Waals surface area contributed by atoms with E-state index in [9.17, 15) is 9.59 Å². The van der Waals surface area contributed by atoms with Crippen LogP contribution in [0.1, 0.15) is 12.6 Å². The van der Waals surface area contributed by atoms with Gasteiger partial charge in [-0.15, -0.1) is 11.3 Å². The van der Waals surface area contributed by atoms with Crippen LogP contribution in [0, 0.1) is 0 Å². The highest BCUT2D eigenvalue weighted by Gasteiger charge is 2.09. The van der Waals surface area contributed by atoms with Gasteiger partial charge in [-0.1, -0.05) is 11.6 Å². The lowest BCUT2D eigenvalue weighted by Gasteiger charge is -2.01. The molecule has 0 unspecified atom stereocenters. The maximum Gasteiger partial charge on any atom is 0.344 e. The Labute approximate surface area is 123 Å². The van der Waals surface area contributed by atoms with E-state index in [1.807, 2.05) is 5.38 Å². The molecular weight excluding hydrogens is 304 g/mol. The Balaban J connectivity index is 1.98. The number of ether oxygens (including phenoxy) is 2. The van der Waals surface area contributed by atoms with E-state index in [0.29, 0.717) is 10.8 Å². The van der Waals surface area contributed by atoms with Gasteiger partial charge in [-0.25, -0.2) is 14.6 Å². The molecule has 2 rings (SSSR count). The fraction of sp³-hybridized carbons (Fsp3) is 0.250. The number of imidazole rings is 1. The van der Waals surface area contributed by atoms with Gasteiger partial charge in [-0.05, 0) is 13.0 Å². The molecule has 106 valence electrons. The molecule has 0 radical (unpaired) electrons. The third-order valence-electron chi connectivity index (χ3n) is 2.27. The van der Waals surface area contributed by atoms with E-state index < -0.39 is 18.5 Å². The van der Waals surface area contributed by atoms with E-state index in [4.69, 9.17) is 16.3 Å². The Morgan fingerprint density at radius 1 is 1.50 bits per heavy atom. The minimum atomic E-state index is -0.653. The van der Waals surface area contributed by atoms with Gasteiger partial charge in [0.2, 0.25) is 0 Å². The number of fused-ring (bicyclic) bond motifs is 1. The van der Waals surface area contributed by atoms with Gasteiger partial charge >= 0.3 is 11.9 Å². The summed E-state index contributed by atoms with van der Waals surface area (Å²) in [5.41, 5.74) is 0.580. The van der Waals surface area contributed by atoms with E-state index in [1.165, 1.54) is 23.5 Å². The highest BCUT2D eigenvalue weighted by molar-refractivity contribution is 7.15. The average molecular weight is 315 g/mol. The number of thiazole rings is 1. The molecule has 2 aromatic rings. The van der Waals surface area contributed by atoms with Crippen molar-refractivity contribution in [3.63, 3.8) is 0 Å². The van der Waals surface area contributed by atoms with Gasteiger partial charge in [0.15, 0.2) is 16.7 Å². The molecule has 20 heavy (non-hydrogen) atoms. The minimum Gasteiger partial charge on any atom is -0.463 e. The first-order valence-corrected chi connectivity index (χ1v) is 6.99. The number of halogens is 1. The molecule has 6 nitrogen and oxygen atoms in total. The molecule has 0 fully saturated rings. The van der Waals surface area contributed by atoms with Crippen LogP contribution in [0.2, 0.25) is 5.15 Å². The van der Waals surface area contributed by atoms with Crippen LogP contribution < -0.4 is 0 Å². The van der Waals surface area contributed by atoms with Crippen LogP contribution in [-0.4, -0.2) is 34.5 Å². The van der Waals surface area contributed by atoms with Crippen LogP contribution >= 0.6 is 22.9 Å². The van der Waals surface area contributed by atoms with Gasteiger partial charge in [0.05, 0.1) is 12.3 Å². The second-order valence-electron chi connectivity index (χ2n) is 3.59. The zero-order valence-corrected chi connectivity index (χ0v) is 12.1. The number of nitrogens with zero attached hydrogens (tertiary/aromatic N) is 2. The lowest BCUT2D eigenvalue weighted by molar-refractivity contribution is -0.155. The van der Waals surface area contributed by atoms with Crippen LogP contribution in [0.4, 0.5) is 0 Å². The van der Waals surface area contributed by atoms with E-state index in [1.54, 1.807) is 17.5 Å². The third kappa shape index (κ3) is 3.37. The first kappa shape index (κ1) is 14.5. The fourth-order valence-corrected chi connectivity index (χ4v) is 2.46. The molecule has 0 amide bonds. The minimum absolute atomic E-state index is 0.244. The number of hydrogen-bond acceptors (Lipinski definition) is 6. The van der Waals surface area contributed by atoms with Crippen LogP contribution in [-0.2, 0) is 19.1 Å². The van der Waals surface area contributed by atoms with E-state index in [2.05, 4.69) is 9.72 Å². The van der Waals surface area contributed by atoms with Crippen LogP contribution in [0.5, 0.6) is 0 Å². The van der Waals surface area contributed by atoms with Gasteiger partial charge in [0, 0.05) is 17.7 Å². The fourth-order valence-electron chi connectivity index (χ4n) is 1.45. The largest absolute Gasteiger partial charge is 0.463 e. The van der Waals surface area contributed by atoms with Gasteiger partial charge in [0.1, 0.15) is 0 Å². The molecule has 0 N–H and O–H groups in total. The SMILES string of the molecule is CCOC(=O)COC(=O)/C=C/c1c(Cl)nc2sccn12. The molecule has 0 aliphatic rings. The molecule has 2 aromatic heterocycles. The molecule has 0 bridgehead atoms. The Morgan fingerprint density at radius 3 is 3.05 bits per heavy atom. The van der Waals surface area contributed by atoms with E-state index in [-0.39, 0.29) is 6.61 Å². The number of esters is 2. The number of rotatable bonds is 5. The maximum absolute atomic E-state index is 11.4. The molecule has 0 saturated carbocycles. The first-order valence-electron chi connectivity index (χ1n) is 5.73. The topological polar surface area (TPSA) is 69.9 Å². The number of aromatic nitrogens is 2. The Hall–Kier alpha value is -1.86. The van der Waals surface area contributed by atoms with Crippen molar-refractivity contribution in [2.75, 3.05) is 13.2 Å². The molecule has 8 heteroatoms. The second-order valence-corrected chi connectivity index (χ2v) is 4.82. The van der Waals surface area contributed by atoms with Crippen molar-refractivity contribution < 1.29 is 19.1 Å². The predicted octanol–water partition coefficient (Wildman–Crippen LogP) is 2.17. The molecule has 2 heterocycles. The van der Waals surface area contributed by atoms with Gasteiger partial charge in [-0.2, -0.15) is 0 Å². The predicted molar refractivity (Wildman–Crippen MR) is 74.7 cm³/mol. The summed E-state index contributed by atoms with van der Waals surface area (Å²) in [7, 11) is 0. The number of carbonyl (C=O) groups excluding carboxylic acids is 2. The summed E-state index contributed by atoms with van der Waals surface area (Å²) in [6.07, 6.45) is 4.47. The van der Waals surface area contributed by atoms with Gasteiger partial charge < -0.3 is 9.47 Å². The van der Waals surface area contributed by atoms with E-state index >= 15 is 0 Å². The van der Waals surface area contributed by atoms with Gasteiger partial charge in [-0.3, -0.25) is 4.40 Å². The molecular formula is C12H11ClN2O4S. The lowest BCUT2D eigenvalue weighted by atomic mass is 10.4. The van der Waals surface area contributed by atoms with E-state index in [0.717, 1.165) is 4.96 Å². The van der Waals surface area contributed by atoms with Crippen LogP contribution in [0.15, 0.2) is 17.7 Å². The van der Waals surface area contributed by atoms with Crippen molar-refractivity contribution in [3.05, 3.63) is 28.5 Å². The zero-order chi connectivity index (χ0) is 14.5. The van der Waals surface area contributed by atoms with Crippen molar-refractivity contribution in [2.24, 2.45) is 0 Å². The lowest BCUT2D eigenvalue weighted by Crippen LogP contribution is -2.15. The molecule has 0 aliphatic carbocycles. The molecule has 0 spiro atoms. The monoisotopic (exact) mass is 314 g/mol. The Bertz CT molecular complexity index is 662. The van der Waals surface area contributed by atoms with Crippen molar-refractivity contribution in [3.8, 4) is 0 Å². The maximum atomic E-state index is 11.4. The van der Waals surface area contributed by atoms with Crippen LogP contribution in [0.25, 0.3) is 11.0 Å². The normalized spacial score (nSPS) is 11.1. The smallest absolute Gasteiger partial charge is 0.344 e. The molecule has 0 aliphatic heterocycles.